The fourth-order valence-electron chi connectivity index (χ4n) is 1.47. The molecule has 1 rings (SSSR count). The SMILES string of the molecule is CC(C)N(c1ccc([N+](=O)[O-])cc1)C(F)(F)F. The van der Waals surface area contributed by atoms with Crippen LogP contribution in [0.25, 0.3) is 0 Å². The van der Waals surface area contributed by atoms with Crippen LogP contribution in [0.3, 0.4) is 0 Å². The Bertz CT molecular complexity index is 401. The van der Waals surface area contributed by atoms with Crippen LogP contribution in [0.4, 0.5) is 24.5 Å². The summed E-state index contributed by atoms with van der Waals surface area (Å²) in [6, 6.07) is 3.50. The first kappa shape index (κ1) is 13.3. The predicted molar refractivity (Wildman–Crippen MR) is 56.8 cm³/mol. The lowest BCUT2D eigenvalue weighted by molar-refractivity contribution is -0.384. The van der Waals surface area contributed by atoms with Gasteiger partial charge in [0, 0.05) is 23.9 Å². The van der Waals surface area contributed by atoms with Crippen molar-refractivity contribution >= 4 is 11.4 Å². The summed E-state index contributed by atoms with van der Waals surface area (Å²) in [5, 5.41) is 10.4. The van der Waals surface area contributed by atoms with E-state index in [1.54, 1.807) is 0 Å². The van der Waals surface area contributed by atoms with E-state index in [9.17, 15) is 23.3 Å². The molecule has 0 bridgehead atoms. The van der Waals surface area contributed by atoms with Crippen LogP contribution in [0.1, 0.15) is 13.8 Å². The van der Waals surface area contributed by atoms with Crippen molar-refractivity contribution in [1.29, 1.82) is 0 Å². The number of hydrogen-bond acceptors (Lipinski definition) is 3. The van der Waals surface area contributed by atoms with Gasteiger partial charge in [0.05, 0.1) is 4.92 Å². The van der Waals surface area contributed by atoms with Gasteiger partial charge < -0.3 is 0 Å². The number of alkyl halides is 3. The van der Waals surface area contributed by atoms with E-state index in [-0.39, 0.29) is 16.3 Å². The molecule has 0 radical (unpaired) electrons. The molecule has 1 aromatic carbocycles. The zero-order chi connectivity index (χ0) is 13.2. The molecule has 0 amide bonds. The topological polar surface area (TPSA) is 46.4 Å². The quantitative estimate of drug-likeness (QED) is 0.468. The van der Waals surface area contributed by atoms with E-state index in [1.807, 2.05) is 0 Å². The van der Waals surface area contributed by atoms with Gasteiger partial charge in [-0.3, -0.25) is 15.0 Å². The third-order valence-electron chi connectivity index (χ3n) is 2.13. The summed E-state index contributed by atoms with van der Waals surface area (Å²) in [7, 11) is 0. The lowest BCUT2D eigenvalue weighted by atomic mass is 10.2. The minimum atomic E-state index is -4.51. The Morgan fingerprint density at radius 3 is 2.00 bits per heavy atom. The smallest absolute Gasteiger partial charge is 0.282 e. The number of nitro groups is 1. The van der Waals surface area contributed by atoms with Gasteiger partial charge in [-0.2, -0.15) is 13.2 Å². The predicted octanol–water partition coefficient (Wildman–Crippen LogP) is 3.33. The highest BCUT2D eigenvalue weighted by molar-refractivity contribution is 5.52. The normalized spacial score (nSPS) is 11.6. The molecule has 17 heavy (non-hydrogen) atoms. The van der Waals surface area contributed by atoms with E-state index in [0.29, 0.717) is 0 Å². The molecule has 0 atom stereocenters. The maximum Gasteiger partial charge on any atom is 0.485 e. The summed E-state index contributed by atoms with van der Waals surface area (Å²) >= 11 is 0. The second-order valence-corrected chi connectivity index (χ2v) is 3.71. The van der Waals surface area contributed by atoms with E-state index < -0.39 is 17.3 Å². The second-order valence-electron chi connectivity index (χ2n) is 3.71. The van der Waals surface area contributed by atoms with Gasteiger partial charge in [0.2, 0.25) is 0 Å². The summed E-state index contributed by atoms with van der Waals surface area (Å²) in [6.45, 7) is 2.80. The van der Waals surface area contributed by atoms with Gasteiger partial charge in [0.1, 0.15) is 0 Å². The number of nitrogens with zero attached hydrogens (tertiary/aromatic N) is 2. The summed E-state index contributed by atoms with van der Waals surface area (Å²) in [6.07, 6.45) is -4.51. The minimum Gasteiger partial charge on any atom is -0.282 e. The molecule has 0 spiro atoms. The molecule has 0 unspecified atom stereocenters. The van der Waals surface area contributed by atoms with Crippen LogP contribution >= 0.6 is 0 Å². The van der Waals surface area contributed by atoms with Crippen LogP contribution in [0.2, 0.25) is 0 Å². The van der Waals surface area contributed by atoms with Crippen LogP contribution < -0.4 is 4.90 Å². The maximum atomic E-state index is 12.7. The van der Waals surface area contributed by atoms with Gasteiger partial charge >= 0.3 is 6.30 Å². The Balaban J connectivity index is 3.09. The third-order valence-corrected chi connectivity index (χ3v) is 2.13. The molecular weight excluding hydrogens is 237 g/mol. The van der Waals surface area contributed by atoms with E-state index in [0.717, 1.165) is 24.3 Å². The van der Waals surface area contributed by atoms with E-state index in [4.69, 9.17) is 0 Å². The molecule has 0 heterocycles. The number of halogens is 3. The molecule has 0 aliphatic heterocycles. The highest BCUT2D eigenvalue weighted by Crippen LogP contribution is 2.31. The molecule has 0 saturated carbocycles. The number of hydrogen-bond donors (Lipinski definition) is 0. The average molecular weight is 248 g/mol. The highest BCUT2D eigenvalue weighted by Gasteiger charge is 2.39. The van der Waals surface area contributed by atoms with Crippen molar-refractivity contribution in [2.45, 2.75) is 26.2 Å². The Morgan fingerprint density at radius 1 is 1.24 bits per heavy atom. The van der Waals surface area contributed by atoms with Crippen molar-refractivity contribution in [3.63, 3.8) is 0 Å². The number of benzene rings is 1. The van der Waals surface area contributed by atoms with Gasteiger partial charge in [0.15, 0.2) is 0 Å². The molecule has 0 fully saturated rings. The minimum absolute atomic E-state index is 0.113. The van der Waals surface area contributed by atoms with Crippen molar-refractivity contribution in [3.05, 3.63) is 34.4 Å². The summed E-state index contributed by atoms with van der Waals surface area (Å²) in [4.78, 5) is 9.97. The molecule has 94 valence electrons. The summed E-state index contributed by atoms with van der Waals surface area (Å²) in [5.41, 5.74) is -0.349. The lowest BCUT2D eigenvalue weighted by Crippen LogP contribution is -2.43. The van der Waals surface area contributed by atoms with Crippen LogP contribution in [-0.4, -0.2) is 17.3 Å². The Morgan fingerprint density at radius 2 is 1.71 bits per heavy atom. The van der Waals surface area contributed by atoms with Gasteiger partial charge in [-0.1, -0.05) is 0 Å². The lowest BCUT2D eigenvalue weighted by Gasteiger charge is -2.30. The number of nitro benzene ring substituents is 1. The molecule has 7 heteroatoms. The Hall–Kier alpha value is -1.79. The third kappa shape index (κ3) is 3.08. The fraction of sp³-hybridized carbons (Fsp3) is 0.400. The standard InChI is InChI=1S/C10H11F3N2O2/c1-7(2)14(10(11,12)13)8-3-5-9(6-4-8)15(16)17/h3-7H,1-2H3. The van der Waals surface area contributed by atoms with Gasteiger partial charge in [-0.05, 0) is 26.0 Å². The monoisotopic (exact) mass is 248 g/mol. The zero-order valence-electron chi connectivity index (χ0n) is 9.23. The van der Waals surface area contributed by atoms with E-state index >= 15 is 0 Å². The van der Waals surface area contributed by atoms with Crippen molar-refractivity contribution in [2.75, 3.05) is 4.90 Å². The Kier molecular flexibility index (Phi) is 3.59. The molecule has 0 aliphatic rings. The fourth-order valence-corrected chi connectivity index (χ4v) is 1.47. The van der Waals surface area contributed by atoms with Crippen molar-refractivity contribution in [2.24, 2.45) is 0 Å². The van der Waals surface area contributed by atoms with Crippen LogP contribution in [-0.2, 0) is 0 Å². The first-order chi connectivity index (χ1) is 7.73. The molecule has 4 nitrogen and oxygen atoms in total. The van der Waals surface area contributed by atoms with Gasteiger partial charge in [0.25, 0.3) is 5.69 Å². The summed E-state index contributed by atoms with van der Waals surface area (Å²) < 4.78 is 38.1. The Labute approximate surface area is 95.8 Å². The van der Waals surface area contributed by atoms with Crippen molar-refractivity contribution in [1.82, 2.24) is 0 Å². The summed E-state index contributed by atoms with van der Waals surface area (Å²) in [5.74, 6) is 0. The van der Waals surface area contributed by atoms with E-state index in [1.165, 1.54) is 13.8 Å². The molecular formula is C10H11F3N2O2. The van der Waals surface area contributed by atoms with Crippen LogP contribution in [0, 0.1) is 10.1 Å². The first-order valence-corrected chi connectivity index (χ1v) is 4.84. The second kappa shape index (κ2) is 4.60. The average Bonchev–Trinajstić information content (AvgIpc) is 2.15. The van der Waals surface area contributed by atoms with Crippen molar-refractivity contribution < 1.29 is 18.1 Å². The van der Waals surface area contributed by atoms with Crippen molar-refractivity contribution in [3.8, 4) is 0 Å². The molecule has 0 aromatic heterocycles. The molecule has 1 aromatic rings. The highest BCUT2D eigenvalue weighted by atomic mass is 19.4. The first-order valence-electron chi connectivity index (χ1n) is 4.84. The number of rotatable bonds is 3. The van der Waals surface area contributed by atoms with E-state index in [2.05, 4.69) is 0 Å². The largest absolute Gasteiger partial charge is 0.485 e. The molecule has 0 aliphatic carbocycles. The number of anilines is 1. The van der Waals surface area contributed by atoms with Gasteiger partial charge in [-0.25, -0.2) is 0 Å². The zero-order valence-corrected chi connectivity index (χ0v) is 9.23. The van der Waals surface area contributed by atoms with Crippen LogP contribution in [0.5, 0.6) is 0 Å². The maximum absolute atomic E-state index is 12.7. The van der Waals surface area contributed by atoms with Crippen LogP contribution in [0.15, 0.2) is 24.3 Å². The van der Waals surface area contributed by atoms with Gasteiger partial charge in [-0.15, -0.1) is 0 Å². The number of non-ortho nitro benzene ring substituents is 1. The molecule has 0 N–H and O–H groups in total. The molecule has 0 saturated heterocycles.